The molecule has 1 aromatic heterocycles. The Labute approximate surface area is 109 Å². The number of hydrogen-bond acceptors (Lipinski definition) is 3. The maximum Gasteiger partial charge on any atom is 0.0756 e. The molecule has 3 nitrogen and oxygen atoms in total. The molecule has 0 radical (unpaired) electrons. The number of hydrogen-bond donors (Lipinski definition) is 1. The average Bonchev–Trinajstić information content (AvgIpc) is 3.23. The van der Waals surface area contributed by atoms with Gasteiger partial charge in [0.25, 0.3) is 0 Å². The Bertz CT molecular complexity index is 417. The van der Waals surface area contributed by atoms with Crippen LogP contribution in [0.5, 0.6) is 0 Å². The number of nitrogens with zero attached hydrogens (tertiary/aromatic N) is 1. The van der Waals surface area contributed by atoms with Crippen molar-refractivity contribution < 1.29 is 4.74 Å². The van der Waals surface area contributed by atoms with Gasteiger partial charge in [0.05, 0.1) is 6.10 Å². The monoisotopic (exact) mass is 246 g/mol. The summed E-state index contributed by atoms with van der Waals surface area (Å²) in [7, 11) is 1.80. The molecule has 0 spiro atoms. The SMILES string of the molecule is COC(C1CC1)C(N)C1CCCc2cccnc21. The molecule has 1 fully saturated rings. The molecule has 2 aliphatic carbocycles. The summed E-state index contributed by atoms with van der Waals surface area (Å²) in [5.41, 5.74) is 9.10. The number of fused-ring (bicyclic) bond motifs is 1. The van der Waals surface area contributed by atoms with Gasteiger partial charge in [-0.05, 0) is 49.7 Å². The molecule has 1 saturated carbocycles. The third-order valence-corrected chi connectivity index (χ3v) is 4.44. The number of aromatic nitrogens is 1. The molecular weight excluding hydrogens is 224 g/mol. The number of pyridine rings is 1. The highest BCUT2D eigenvalue weighted by atomic mass is 16.5. The molecule has 1 heterocycles. The summed E-state index contributed by atoms with van der Waals surface area (Å²) in [5.74, 6) is 1.06. The van der Waals surface area contributed by atoms with Gasteiger partial charge in [0, 0.05) is 31.0 Å². The fourth-order valence-corrected chi connectivity index (χ4v) is 3.34. The second kappa shape index (κ2) is 4.98. The fourth-order valence-electron chi connectivity index (χ4n) is 3.34. The van der Waals surface area contributed by atoms with Crippen LogP contribution in [-0.4, -0.2) is 24.2 Å². The van der Waals surface area contributed by atoms with Crippen molar-refractivity contribution in [1.29, 1.82) is 0 Å². The van der Waals surface area contributed by atoms with Crippen LogP contribution in [0.1, 0.15) is 42.9 Å². The summed E-state index contributed by atoms with van der Waals surface area (Å²) in [6.07, 6.45) is 8.16. The Kier molecular flexibility index (Phi) is 3.35. The highest BCUT2D eigenvalue weighted by molar-refractivity contribution is 5.27. The Morgan fingerprint density at radius 2 is 2.22 bits per heavy atom. The minimum atomic E-state index is 0.0939. The molecule has 18 heavy (non-hydrogen) atoms. The van der Waals surface area contributed by atoms with Crippen molar-refractivity contribution >= 4 is 0 Å². The lowest BCUT2D eigenvalue weighted by Crippen LogP contribution is -2.43. The summed E-state index contributed by atoms with van der Waals surface area (Å²) in [6.45, 7) is 0. The molecule has 0 aliphatic heterocycles. The van der Waals surface area contributed by atoms with Crippen LogP contribution in [-0.2, 0) is 11.2 Å². The van der Waals surface area contributed by atoms with E-state index in [0.717, 1.165) is 12.8 Å². The lowest BCUT2D eigenvalue weighted by atomic mass is 9.79. The van der Waals surface area contributed by atoms with Crippen LogP contribution in [0.3, 0.4) is 0 Å². The van der Waals surface area contributed by atoms with Gasteiger partial charge in [-0.2, -0.15) is 0 Å². The van der Waals surface area contributed by atoms with Crippen molar-refractivity contribution in [3.8, 4) is 0 Å². The molecule has 2 N–H and O–H groups in total. The average molecular weight is 246 g/mol. The van der Waals surface area contributed by atoms with Crippen molar-refractivity contribution in [3.05, 3.63) is 29.6 Å². The van der Waals surface area contributed by atoms with Gasteiger partial charge < -0.3 is 10.5 Å². The highest BCUT2D eigenvalue weighted by Crippen LogP contribution is 2.40. The van der Waals surface area contributed by atoms with Gasteiger partial charge in [-0.1, -0.05) is 6.07 Å². The molecule has 0 aromatic carbocycles. The van der Waals surface area contributed by atoms with E-state index in [2.05, 4.69) is 11.1 Å². The first-order valence-corrected chi connectivity index (χ1v) is 7.03. The summed E-state index contributed by atoms with van der Waals surface area (Å²) in [4.78, 5) is 4.58. The maximum atomic E-state index is 6.49. The molecule has 0 amide bonds. The number of methoxy groups -OCH3 is 1. The topological polar surface area (TPSA) is 48.1 Å². The van der Waals surface area contributed by atoms with E-state index in [1.54, 1.807) is 7.11 Å². The van der Waals surface area contributed by atoms with Gasteiger partial charge in [-0.25, -0.2) is 0 Å². The summed E-state index contributed by atoms with van der Waals surface area (Å²) >= 11 is 0. The van der Waals surface area contributed by atoms with Crippen LogP contribution in [0.2, 0.25) is 0 Å². The van der Waals surface area contributed by atoms with Crippen LogP contribution < -0.4 is 5.73 Å². The number of rotatable bonds is 4. The van der Waals surface area contributed by atoms with Gasteiger partial charge in [0.2, 0.25) is 0 Å². The zero-order chi connectivity index (χ0) is 12.5. The quantitative estimate of drug-likeness (QED) is 0.886. The van der Waals surface area contributed by atoms with Crippen molar-refractivity contribution in [2.75, 3.05) is 7.11 Å². The first kappa shape index (κ1) is 12.1. The second-order valence-corrected chi connectivity index (χ2v) is 5.66. The van der Waals surface area contributed by atoms with E-state index in [0.29, 0.717) is 11.8 Å². The summed E-state index contributed by atoms with van der Waals surface area (Å²) < 4.78 is 5.65. The van der Waals surface area contributed by atoms with E-state index in [1.807, 2.05) is 12.3 Å². The van der Waals surface area contributed by atoms with E-state index >= 15 is 0 Å². The molecule has 1 aromatic rings. The van der Waals surface area contributed by atoms with Crippen LogP contribution >= 0.6 is 0 Å². The Hall–Kier alpha value is -0.930. The molecule has 3 heteroatoms. The molecular formula is C15H22N2O. The smallest absolute Gasteiger partial charge is 0.0756 e. The van der Waals surface area contributed by atoms with Crippen molar-refractivity contribution in [2.45, 2.75) is 50.2 Å². The van der Waals surface area contributed by atoms with E-state index in [4.69, 9.17) is 10.5 Å². The Balaban J connectivity index is 1.84. The molecule has 98 valence electrons. The first-order valence-electron chi connectivity index (χ1n) is 7.03. The largest absolute Gasteiger partial charge is 0.380 e. The molecule has 0 bridgehead atoms. The number of ether oxygens (including phenoxy) is 1. The normalized spacial score (nSPS) is 26.4. The van der Waals surface area contributed by atoms with E-state index in [1.165, 1.54) is 30.5 Å². The molecule has 3 rings (SSSR count). The summed E-state index contributed by atoms with van der Waals surface area (Å²) in [6, 6.07) is 4.32. The minimum Gasteiger partial charge on any atom is -0.380 e. The van der Waals surface area contributed by atoms with E-state index < -0.39 is 0 Å². The Morgan fingerprint density at radius 1 is 1.39 bits per heavy atom. The van der Waals surface area contributed by atoms with Crippen molar-refractivity contribution in [1.82, 2.24) is 4.98 Å². The zero-order valence-electron chi connectivity index (χ0n) is 11.0. The lowest BCUT2D eigenvalue weighted by molar-refractivity contribution is 0.0523. The second-order valence-electron chi connectivity index (χ2n) is 5.66. The van der Waals surface area contributed by atoms with Gasteiger partial charge in [0.15, 0.2) is 0 Å². The van der Waals surface area contributed by atoms with Gasteiger partial charge in [-0.15, -0.1) is 0 Å². The first-order chi connectivity index (χ1) is 8.81. The number of aryl methyl sites for hydroxylation is 1. The lowest BCUT2D eigenvalue weighted by Gasteiger charge is -2.33. The highest BCUT2D eigenvalue weighted by Gasteiger charge is 2.40. The van der Waals surface area contributed by atoms with E-state index in [-0.39, 0.29) is 12.1 Å². The third-order valence-electron chi connectivity index (χ3n) is 4.44. The maximum absolute atomic E-state index is 6.49. The predicted molar refractivity (Wildman–Crippen MR) is 71.4 cm³/mol. The van der Waals surface area contributed by atoms with Crippen molar-refractivity contribution in [3.63, 3.8) is 0 Å². The van der Waals surface area contributed by atoms with Crippen LogP contribution in [0.4, 0.5) is 0 Å². The Morgan fingerprint density at radius 3 is 2.94 bits per heavy atom. The molecule has 2 aliphatic rings. The van der Waals surface area contributed by atoms with Crippen LogP contribution in [0.25, 0.3) is 0 Å². The minimum absolute atomic E-state index is 0.0939. The number of nitrogens with two attached hydrogens (primary N) is 1. The van der Waals surface area contributed by atoms with Gasteiger partial charge >= 0.3 is 0 Å². The van der Waals surface area contributed by atoms with Crippen LogP contribution in [0, 0.1) is 5.92 Å². The summed E-state index contributed by atoms with van der Waals surface area (Å²) in [5, 5.41) is 0. The van der Waals surface area contributed by atoms with Gasteiger partial charge in [0.1, 0.15) is 0 Å². The third kappa shape index (κ3) is 2.17. The predicted octanol–water partition coefficient (Wildman–Crippen LogP) is 2.25. The van der Waals surface area contributed by atoms with E-state index in [9.17, 15) is 0 Å². The molecule has 3 atom stereocenters. The zero-order valence-corrected chi connectivity index (χ0v) is 11.0. The van der Waals surface area contributed by atoms with Crippen LogP contribution in [0.15, 0.2) is 18.3 Å². The standard InChI is InChI=1S/C15H22N2O/c1-18-15(11-7-8-11)13(16)12-6-2-4-10-5-3-9-17-14(10)12/h3,5,9,11-13,15H,2,4,6-8,16H2,1H3. The molecule has 3 unspecified atom stereocenters. The van der Waals surface area contributed by atoms with Crippen molar-refractivity contribution in [2.24, 2.45) is 11.7 Å². The molecule has 0 saturated heterocycles. The fraction of sp³-hybridized carbons (Fsp3) is 0.667. The van der Waals surface area contributed by atoms with Gasteiger partial charge in [-0.3, -0.25) is 4.98 Å².